The van der Waals surface area contributed by atoms with Crippen LogP contribution < -0.4 is 5.73 Å². The highest BCUT2D eigenvalue weighted by atomic mass is 16.5. The molecule has 2 aliphatic heterocycles. The van der Waals surface area contributed by atoms with Gasteiger partial charge in [-0.15, -0.1) is 0 Å². The Morgan fingerprint density at radius 3 is 2.53 bits per heavy atom. The van der Waals surface area contributed by atoms with Crippen molar-refractivity contribution in [2.24, 2.45) is 23.0 Å². The van der Waals surface area contributed by atoms with E-state index in [4.69, 9.17) is 15.2 Å². The van der Waals surface area contributed by atoms with Gasteiger partial charge in [-0.1, -0.05) is 26.2 Å². The Kier molecular flexibility index (Phi) is 4.83. The van der Waals surface area contributed by atoms with Crippen molar-refractivity contribution < 1.29 is 9.47 Å². The summed E-state index contributed by atoms with van der Waals surface area (Å²) in [7, 11) is 0. The molecule has 2 heterocycles. The van der Waals surface area contributed by atoms with Crippen molar-refractivity contribution in [3.05, 3.63) is 0 Å². The number of unbranched alkanes of at least 4 members (excludes halogenated alkanes) is 1. The zero-order valence-corrected chi connectivity index (χ0v) is 11.1. The average Bonchev–Trinajstić information content (AvgIpc) is 2.84. The molecule has 0 radical (unpaired) electrons. The van der Waals surface area contributed by atoms with Crippen LogP contribution in [0.4, 0.5) is 0 Å². The summed E-state index contributed by atoms with van der Waals surface area (Å²) in [4.78, 5) is 0. The summed E-state index contributed by atoms with van der Waals surface area (Å²) < 4.78 is 11.3. The predicted molar refractivity (Wildman–Crippen MR) is 68.9 cm³/mol. The number of ether oxygens (including phenoxy) is 2. The van der Waals surface area contributed by atoms with Gasteiger partial charge in [0, 0.05) is 11.3 Å². The Morgan fingerprint density at radius 2 is 1.88 bits per heavy atom. The molecule has 2 N–H and O–H groups in total. The fourth-order valence-electron chi connectivity index (χ4n) is 3.24. The lowest BCUT2D eigenvalue weighted by atomic mass is 9.76. The van der Waals surface area contributed by atoms with E-state index in [2.05, 4.69) is 6.92 Å². The molecule has 2 rings (SSSR count). The Bertz CT molecular complexity index is 222. The van der Waals surface area contributed by atoms with Crippen molar-refractivity contribution in [3.63, 3.8) is 0 Å². The molecule has 0 saturated carbocycles. The number of hydrogen-bond donors (Lipinski definition) is 1. The minimum absolute atomic E-state index is 0.372. The van der Waals surface area contributed by atoms with Crippen LogP contribution in [-0.4, -0.2) is 33.0 Å². The fourth-order valence-corrected chi connectivity index (χ4v) is 3.24. The third kappa shape index (κ3) is 3.21. The standard InChI is InChI=1S/C14H27NO2/c1-12(5-7-15)4-2-3-6-14-10-16-8-13(14)9-17-11-14/h12-13H,2-11,15H2,1H3. The molecule has 2 fully saturated rings. The third-order valence-corrected chi connectivity index (χ3v) is 4.56. The molecule has 3 nitrogen and oxygen atoms in total. The maximum Gasteiger partial charge on any atom is 0.0549 e. The molecule has 0 spiro atoms. The minimum Gasteiger partial charge on any atom is -0.380 e. The van der Waals surface area contributed by atoms with E-state index in [-0.39, 0.29) is 0 Å². The SMILES string of the molecule is CC(CCN)CCCCC12COCC1COC2. The van der Waals surface area contributed by atoms with Crippen LogP contribution in [0.5, 0.6) is 0 Å². The molecule has 1 unspecified atom stereocenters. The van der Waals surface area contributed by atoms with Crippen LogP contribution in [0.1, 0.15) is 39.0 Å². The lowest BCUT2D eigenvalue weighted by Gasteiger charge is -2.25. The molecule has 0 aromatic rings. The van der Waals surface area contributed by atoms with Gasteiger partial charge < -0.3 is 15.2 Å². The van der Waals surface area contributed by atoms with Gasteiger partial charge in [-0.25, -0.2) is 0 Å². The van der Waals surface area contributed by atoms with Crippen molar-refractivity contribution in [3.8, 4) is 0 Å². The van der Waals surface area contributed by atoms with Crippen LogP contribution >= 0.6 is 0 Å². The van der Waals surface area contributed by atoms with Gasteiger partial charge in [0.05, 0.1) is 26.4 Å². The monoisotopic (exact) mass is 241 g/mol. The van der Waals surface area contributed by atoms with Crippen LogP contribution in [0.2, 0.25) is 0 Å². The van der Waals surface area contributed by atoms with Gasteiger partial charge in [-0.2, -0.15) is 0 Å². The Hall–Kier alpha value is -0.120. The summed E-state index contributed by atoms with van der Waals surface area (Å²) in [6.45, 7) is 6.83. The van der Waals surface area contributed by atoms with Crippen LogP contribution in [0.25, 0.3) is 0 Å². The molecule has 2 saturated heterocycles. The van der Waals surface area contributed by atoms with Crippen molar-refractivity contribution in [2.45, 2.75) is 39.0 Å². The number of nitrogens with two attached hydrogens (primary N) is 1. The van der Waals surface area contributed by atoms with Gasteiger partial charge in [0.1, 0.15) is 0 Å². The molecule has 0 aromatic carbocycles. The first-order valence-corrected chi connectivity index (χ1v) is 7.12. The predicted octanol–water partition coefficient (Wildman–Crippen LogP) is 2.19. The summed E-state index contributed by atoms with van der Waals surface area (Å²) in [5, 5.41) is 0. The average molecular weight is 241 g/mol. The third-order valence-electron chi connectivity index (χ3n) is 4.56. The number of rotatable bonds is 7. The van der Waals surface area contributed by atoms with Gasteiger partial charge in [0.15, 0.2) is 0 Å². The molecular weight excluding hydrogens is 214 g/mol. The second-order valence-electron chi connectivity index (χ2n) is 6.02. The summed E-state index contributed by atoms with van der Waals surface area (Å²) in [6.07, 6.45) is 6.42. The second kappa shape index (κ2) is 6.17. The number of fused-ring (bicyclic) bond motifs is 1. The van der Waals surface area contributed by atoms with Crippen molar-refractivity contribution in [1.29, 1.82) is 0 Å². The van der Waals surface area contributed by atoms with E-state index in [9.17, 15) is 0 Å². The number of hydrogen-bond acceptors (Lipinski definition) is 3. The molecule has 0 amide bonds. The highest BCUT2D eigenvalue weighted by Gasteiger charge is 2.47. The first kappa shape index (κ1) is 13.3. The van der Waals surface area contributed by atoms with Crippen LogP contribution in [0.3, 0.4) is 0 Å². The molecule has 17 heavy (non-hydrogen) atoms. The highest BCUT2D eigenvalue weighted by molar-refractivity contribution is 4.94. The van der Waals surface area contributed by atoms with E-state index < -0.39 is 0 Å². The van der Waals surface area contributed by atoms with Gasteiger partial charge in [-0.3, -0.25) is 0 Å². The maximum absolute atomic E-state index is 5.64. The molecule has 0 aliphatic carbocycles. The van der Waals surface area contributed by atoms with Crippen LogP contribution in [0, 0.1) is 17.3 Å². The normalized spacial score (nSPS) is 33.9. The Morgan fingerprint density at radius 1 is 1.18 bits per heavy atom. The molecule has 0 bridgehead atoms. The molecule has 2 aliphatic rings. The van der Waals surface area contributed by atoms with E-state index in [1.165, 1.54) is 32.1 Å². The zero-order valence-electron chi connectivity index (χ0n) is 11.1. The lowest BCUT2D eigenvalue weighted by molar-refractivity contribution is 0.0777. The fraction of sp³-hybridized carbons (Fsp3) is 1.00. The second-order valence-corrected chi connectivity index (χ2v) is 6.02. The van der Waals surface area contributed by atoms with Gasteiger partial charge in [-0.05, 0) is 25.3 Å². The van der Waals surface area contributed by atoms with Gasteiger partial charge in [0.2, 0.25) is 0 Å². The summed E-state index contributed by atoms with van der Waals surface area (Å²) in [6, 6.07) is 0. The Labute approximate surface area is 105 Å². The van der Waals surface area contributed by atoms with Crippen molar-refractivity contribution >= 4 is 0 Å². The molecule has 100 valence electrons. The van der Waals surface area contributed by atoms with Crippen molar-refractivity contribution in [1.82, 2.24) is 0 Å². The van der Waals surface area contributed by atoms with E-state index >= 15 is 0 Å². The Balaban J connectivity index is 1.64. The molecule has 3 heteroatoms. The summed E-state index contributed by atoms with van der Waals surface area (Å²) in [5.41, 5.74) is 5.94. The van der Waals surface area contributed by atoms with Gasteiger partial charge in [0.25, 0.3) is 0 Å². The first-order valence-electron chi connectivity index (χ1n) is 7.12. The van der Waals surface area contributed by atoms with E-state index in [0.29, 0.717) is 11.3 Å². The van der Waals surface area contributed by atoms with E-state index in [1.54, 1.807) is 0 Å². The van der Waals surface area contributed by atoms with Crippen LogP contribution in [0.15, 0.2) is 0 Å². The molecule has 0 aromatic heterocycles. The smallest absolute Gasteiger partial charge is 0.0549 e. The summed E-state index contributed by atoms with van der Waals surface area (Å²) in [5.74, 6) is 1.46. The first-order chi connectivity index (χ1) is 8.27. The maximum atomic E-state index is 5.64. The van der Waals surface area contributed by atoms with E-state index in [0.717, 1.165) is 38.9 Å². The lowest BCUT2D eigenvalue weighted by Crippen LogP contribution is -2.28. The minimum atomic E-state index is 0.372. The quantitative estimate of drug-likeness (QED) is 0.695. The van der Waals surface area contributed by atoms with Crippen LogP contribution in [-0.2, 0) is 9.47 Å². The molecule has 1 atom stereocenters. The zero-order chi connectivity index (χ0) is 12.1. The van der Waals surface area contributed by atoms with Crippen molar-refractivity contribution in [2.75, 3.05) is 33.0 Å². The summed E-state index contributed by atoms with van der Waals surface area (Å²) >= 11 is 0. The molecular formula is C14H27NO2. The topological polar surface area (TPSA) is 44.5 Å². The highest BCUT2D eigenvalue weighted by Crippen LogP contribution is 2.43. The van der Waals surface area contributed by atoms with E-state index in [1.807, 2.05) is 0 Å². The van der Waals surface area contributed by atoms with Gasteiger partial charge >= 0.3 is 0 Å². The largest absolute Gasteiger partial charge is 0.380 e.